The van der Waals surface area contributed by atoms with Crippen LogP contribution >= 0.6 is 0 Å². The van der Waals surface area contributed by atoms with Gasteiger partial charge in [0.2, 0.25) is 11.8 Å². The number of carbonyl (C=O) groups excluding carboxylic acids is 2. The average molecular weight is 238 g/mol. The summed E-state index contributed by atoms with van der Waals surface area (Å²) in [5.41, 5.74) is 0. The molecule has 2 rings (SSSR count). The summed E-state index contributed by atoms with van der Waals surface area (Å²) in [4.78, 5) is 25.0. The minimum absolute atomic E-state index is 0.0130. The zero-order chi connectivity index (χ0) is 12.3. The maximum atomic E-state index is 11.9. The molecule has 0 spiro atoms. The molecule has 2 fully saturated rings. The lowest BCUT2D eigenvalue weighted by Crippen LogP contribution is -2.44. The third kappa shape index (κ3) is 3.72. The van der Waals surface area contributed by atoms with E-state index < -0.39 is 0 Å². The number of hydrogen-bond acceptors (Lipinski definition) is 2. The van der Waals surface area contributed by atoms with E-state index in [1.54, 1.807) is 11.8 Å². The molecule has 0 heterocycles. The van der Waals surface area contributed by atoms with Gasteiger partial charge in [-0.15, -0.1) is 0 Å². The summed E-state index contributed by atoms with van der Waals surface area (Å²) < 4.78 is 0. The second-order valence-corrected chi connectivity index (χ2v) is 5.28. The van der Waals surface area contributed by atoms with Gasteiger partial charge < -0.3 is 10.2 Å². The van der Waals surface area contributed by atoms with Gasteiger partial charge in [-0.1, -0.05) is 19.3 Å². The van der Waals surface area contributed by atoms with Crippen molar-refractivity contribution in [3.8, 4) is 0 Å². The molecule has 0 bridgehead atoms. The molecule has 2 saturated carbocycles. The van der Waals surface area contributed by atoms with Gasteiger partial charge >= 0.3 is 0 Å². The number of hydrogen-bond donors (Lipinski definition) is 1. The number of carbonyl (C=O) groups is 2. The maximum Gasteiger partial charge on any atom is 0.239 e. The molecule has 2 aliphatic carbocycles. The molecule has 0 saturated heterocycles. The van der Waals surface area contributed by atoms with E-state index in [0.29, 0.717) is 12.1 Å². The molecule has 2 aliphatic rings. The van der Waals surface area contributed by atoms with E-state index in [9.17, 15) is 9.59 Å². The van der Waals surface area contributed by atoms with E-state index in [-0.39, 0.29) is 18.4 Å². The van der Waals surface area contributed by atoms with Crippen molar-refractivity contribution in [3.05, 3.63) is 0 Å². The lowest BCUT2D eigenvalue weighted by molar-refractivity contribution is -0.135. The van der Waals surface area contributed by atoms with Crippen molar-refractivity contribution < 1.29 is 9.59 Å². The van der Waals surface area contributed by atoms with Gasteiger partial charge in [0.1, 0.15) is 0 Å². The summed E-state index contributed by atoms with van der Waals surface area (Å²) in [5, 5.41) is 3.05. The molecular weight excluding hydrogens is 216 g/mol. The minimum atomic E-state index is 0.0130. The van der Waals surface area contributed by atoms with Gasteiger partial charge in [0, 0.05) is 19.0 Å². The summed E-state index contributed by atoms with van der Waals surface area (Å²) in [6.07, 6.45) is 8.00. The van der Waals surface area contributed by atoms with Gasteiger partial charge in [-0.3, -0.25) is 9.59 Å². The number of nitrogens with one attached hydrogen (secondary N) is 1. The number of nitrogens with zero attached hydrogens (tertiary/aromatic N) is 1. The van der Waals surface area contributed by atoms with Crippen LogP contribution in [0.15, 0.2) is 0 Å². The molecule has 1 N–H and O–H groups in total. The third-order valence-electron chi connectivity index (χ3n) is 3.68. The standard InChI is InChI=1S/C13H22N2O2/c1-10(16)15(12-7-8-12)9-13(17)14-11-5-3-2-4-6-11/h11-12H,2-9H2,1H3,(H,14,17). The van der Waals surface area contributed by atoms with Crippen LogP contribution < -0.4 is 5.32 Å². The Balaban J connectivity index is 1.76. The molecule has 0 radical (unpaired) electrons. The first-order chi connectivity index (χ1) is 8.16. The van der Waals surface area contributed by atoms with Crippen molar-refractivity contribution in [2.45, 2.75) is 64.0 Å². The first kappa shape index (κ1) is 12.4. The van der Waals surface area contributed by atoms with Crippen LogP contribution in [0.1, 0.15) is 51.9 Å². The van der Waals surface area contributed by atoms with Crippen LogP contribution in [0.2, 0.25) is 0 Å². The quantitative estimate of drug-likeness (QED) is 0.806. The van der Waals surface area contributed by atoms with E-state index in [0.717, 1.165) is 25.7 Å². The largest absolute Gasteiger partial charge is 0.352 e. The fourth-order valence-corrected chi connectivity index (χ4v) is 2.56. The van der Waals surface area contributed by atoms with Crippen LogP contribution in [0.5, 0.6) is 0 Å². The molecule has 4 nitrogen and oxygen atoms in total. The summed E-state index contributed by atoms with van der Waals surface area (Å²) in [7, 11) is 0. The maximum absolute atomic E-state index is 11.9. The minimum Gasteiger partial charge on any atom is -0.352 e. The van der Waals surface area contributed by atoms with Crippen LogP contribution in [0.4, 0.5) is 0 Å². The zero-order valence-corrected chi connectivity index (χ0v) is 10.6. The zero-order valence-electron chi connectivity index (χ0n) is 10.6. The summed E-state index contributed by atoms with van der Waals surface area (Å²) >= 11 is 0. The Kier molecular flexibility index (Phi) is 4.02. The summed E-state index contributed by atoms with van der Waals surface area (Å²) in [5.74, 6) is 0.0327. The number of amides is 2. The predicted molar refractivity (Wildman–Crippen MR) is 65.4 cm³/mol. The molecule has 0 aromatic rings. The smallest absolute Gasteiger partial charge is 0.239 e. The molecular formula is C13H22N2O2. The van der Waals surface area contributed by atoms with Crippen LogP contribution in [0.3, 0.4) is 0 Å². The molecule has 96 valence electrons. The van der Waals surface area contributed by atoms with Crippen molar-refractivity contribution >= 4 is 11.8 Å². The molecule has 0 atom stereocenters. The van der Waals surface area contributed by atoms with Crippen LogP contribution in [0, 0.1) is 0 Å². The molecule has 4 heteroatoms. The second kappa shape index (κ2) is 5.52. The van der Waals surface area contributed by atoms with Crippen molar-refractivity contribution in [2.24, 2.45) is 0 Å². The summed E-state index contributed by atoms with van der Waals surface area (Å²) in [6, 6.07) is 0.661. The average Bonchev–Trinajstić information content (AvgIpc) is 3.11. The third-order valence-corrected chi connectivity index (χ3v) is 3.68. The Bertz CT molecular complexity index is 294. The Morgan fingerprint density at radius 3 is 2.29 bits per heavy atom. The van der Waals surface area contributed by atoms with Crippen LogP contribution in [-0.2, 0) is 9.59 Å². The van der Waals surface area contributed by atoms with Crippen molar-refractivity contribution in [2.75, 3.05) is 6.54 Å². The van der Waals surface area contributed by atoms with Gasteiger partial charge in [-0.25, -0.2) is 0 Å². The van der Waals surface area contributed by atoms with Crippen molar-refractivity contribution in [3.63, 3.8) is 0 Å². The van der Waals surface area contributed by atoms with Crippen LogP contribution in [-0.4, -0.2) is 35.3 Å². The van der Waals surface area contributed by atoms with Gasteiger partial charge in [0.15, 0.2) is 0 Å². The Morgan fingerprint density at radius 2 is 1.76 bits per heavy atom. The fourth-order valence-electron chi connectivity index (χ4n) is 2.56. The van der Waals surface area contributed by atoms with Crippen molar-refractivity contribution in [1.29, 1.82) is 0 Å². The molecule has 0 unspecified atom stereocenters. The van der Waals surface area contributed by atoms with E-state index in [2.05, 4.69) is 5.32 Å². The lowest BCUT2D eigenvalue weighted by atomic mass is 9.95. The molecule has 0 aromatic carbocycles. The van der Waals surface area contributed by atoms with E-state index >= 15 is 0 Å². The highest BCUT2D eigenvalue weighted by Gasteiger charge is 2.32. The molecule has 17 heavy (non-hydrogen) atoms. The highest BCUT2D eigenvalue weighted by atomic mass is 16.2. The monoisotopic (exact) mass is 238 g/mol. The normalized spacial score (nSPS) is 21.0. The Hall–Kier alpha value is -1.06. The van der Waals surface area contributed by atoms with Gasteiger partial charge in [-0.2, -0.15) is 0 Å². The topological polar surface area (TPSA) is 49.4 Å². The first-order valence-electron chi connectivity index (χ1n) is 6.73. The number of rotatable bonds is 4. The second-order valence-electron chi connectivity index (χ2n) is 5.28. The van der Waals surface area contributed by atoms with E-state index in [1.165, 1.54) is 19.3 Å². The van der Waals surface area contributed by atoms with Gasteiger partial charge in [-0.05, 0) is 25.7 Å². The Morgan fingerprint density at radius 1 is 1.12 bits per heavy atom. The van der Waals surface area contributed by atoms with E-state index in [1.807, 2.05) is 0 Å². The highest BCUT2D eigenvalue weighted by Crippen LogP contribution is 2.26. The Labute approximate surface area is 103 Å². The lowest BCUT2D eigenvalue weighted by Gasteiger charge is -2.25. The SMILES string of the molecule is CC(=O)N(CC(=O)NC1CCCCC1)C1CC1. The molecule has 2 amide bonds. The fraction of sp³-hybridized carbons (Fsp3) is 0.846. The summed E-state index contributed by atoms with van der Waals surface area (Å²) in [6.45, 7) is 1.79. The van der Waals surface area contributed by atoms with Crippen molar-refractivity contribution in [1.82, 2.24) is 10.2 Å². The first-order valence-corrected chi connectivity index (χ1v) is 6.73. The van der Waals surface area contributed by atoms with E-state index in [4.69, 9.17) is 0 Å². The van der Waals surface area contributed by atoms with Crippen LogP contribution in [0.25, 0.3) is 0 Å². The van der Waals surface area contributed by atoms with Gasteiger partial charge in [0.05, 0.1) is 6.54 Å². The molecule has 0 aromatic heterocycles. The molecule has 0 aliphatic heterocycles. The van der Waals surface area contributed by atoms with Gasteiger partial charge in [0.25, 0.3) is 0 Å². The predicted octanol–water partition coefficient (Wildman–Crippen LogP) is 1.45. The highest BCUT2D eigenvalue weighted by molar-refractivity contribution is 5.84.